The van der Waals surface area contributed by atoms with Crippen LogP contribution in [-0.4, -0.2) is 22.0 Å². The summed E-state index contributed by atoms with van der Waals surface area (Å²) in [6, 6.07) is 5.29. The molecule has 0 unspecified atom stereocenters. The first-order valence-electron chi connectivity index (χ1n) is 7.97. The largest absolute Gasteiger partial charge is 0.347 e. The highest BCUT2D eigenvalue weighted by Crippen LogP contribution is 2.21. The highest BCUT2D eigenvalue weighted by molar-refractivity contribution is 6.34. The van der Waals surface area contributed by atoms with E-state index in [1.807, 2.05) is 0 Å². The van der Waals surface area contributed by atoms with Gasteiger partial charge in [0.15, 0.2) is 17.3 Å². The van der Waals surface area contributed by atoms with Crippen LogP contribution in [0.4, 0.5) is 23.4 Å². The van der Waals surface area contributed by atoms with Crippen molar-refractivity contribution in [2.24, 2.45) is 0 Å². The van der Waals surface area contributed by atoms with Crippen LogP contribution in [0.3, 0.4) is 0 Å². The smallest absolute Gasteiger partial charge is 0.272 e. The topological polar surface area (TPSA) is 86.9 Å². The van der Waals surface area contributed by atoms with Crippen molar-refractivity contribution in [2.45, 2.75) is 6.54 Å². The number of nitrogens with one attached hydrogen (secondary N) is 3. The molecular formula is C18H11ClF4N4O2. The van der Waals surface area contributed by atoms with Crippen molar-refractivity contribution >= 4 is 29.2 Å². The highest BCUT2D eigenvalue weighted by atomic mass is 35.5. The van der Waals surface area contributed by atoms with E-state index in [1.165, 1.54) is 6.07 Å². The molecule has 29 heavy (non-hydrogen) atoms. The van der Waals surface area contributed by atoms with Crippen LogP contribution in [0.15, 0.2) is 36.4 Å². The summed E-state index contributed by atoms with van der Waals surface area (Å²) in [4.78, 5) is 24.2. The Bertz CT molecular complexity index is 1080. The molecule has 150 valence electrons. The van der Waals surface area contributed by atoms with E-state index in [1.54, 1.807) is 0 Å². The molecule has 3 N–H and O–H groups in total. The van der Waals surface area contributed by atoms with E-state index in [-0.39, 0.29) is 34.2 Å². The monoisotopic (exact) mass is 426 g/mol. The predicted octanol–water partition coefficient (Wildman–Crippen LogP) is 3.80. The minimum Gasteiger partial charge on any atom is -0.347 e. The number of anilines is 1. The van der Waals surface area contributed by atoms with Crippen molar-refractivity contribution in [3.63, 3.8) is 0 Å². The Morgan fingerprint density at radius 2 is 1.59 bits per heavy atom. The van der Waals surface area contributed by atoms with Crippen LogP contribution < -0.4 is 10.6 Å². The fraction of sp³-hybridized carbons (Fsp3) is 0.0556. The zero-order chi connectivity index (χ0) is 21.1. The lowest BCUT2D eigenvalue weighted by atomic mass is 10.2. The number of aromatic amines is 1. The molecule has 3 aromatic rings. The molecule has 0 bridgehead atoms. The molecule has 0 aliphatic rings. The minimum atomic E-state index is -1.25. The molecule has 2 amide bonds. The summed E-state index contributed by atoms with van der Waals surface area (Å²) in [5.41, 5.74) is -0.249. The number of H-pyrrole nitrogens is 1. The molecule has 1 heterocycles. The first-order chi connectivity index (χ1) is 13.7. The molecule has 0 saturated heterocycles. The molecule has 0 radical (unpaired) electrons. The standard InChI is InChI=1S/C18H11ClF4N4O2/c19-12-5-14(23)13(22)4-11(12)17(28)25-16-6-15(26-27-16)18(29)24-7-8-1-9(20)3-10(21)2-8/h1-6H,7H2,(H,24,29)(H2,25,26,27,28). The van der Waals surface area contributed by atoms with Crippen LogP contribution in [0.2, 0.25) is 5.02 Å². The molecule has 0 fully saturated rings. The lowest BCUT2D eigenvalue weighted by Gasteiger charge is -2.05. The van der Waals surface area contributed by atoms with Crippen LogP contribution >= 0.6 is 11.6 Å². The lowest BCUT2D eigenvalue weighted by molar-refractivity contribution is 0.0944. The highest BCUT2D eigenvalue weighted by Gasteiger charge is 2.17. The fourth-order valence-corrected chi connectivity index (χ4v) is 2.61. The Morgan fingerprint density at radius 1 is 0.931 bits per heavy atom. The van der Waals surface area contributed by atoms with Crippen LogP contribution in [0.5, 0.6) is 0 Å². The summed E-state index contributed by atoms with van der Waals surface area (Å²) >= 11 is 5.73. The van der Waals surface area contributed by atoms with Crippen LogP contribution in [0.1, 0.15) is 26.4 Å². The predicted molar refractivity (Wildman–Crippen MR) is 95.4 cm³/mol. The third-order valence-electron chi connectivity index (χ3n) is 3.69. The van der Waals surface area contributed by atoms with E-state index < -0.39 is 35.1 Å². The first kappa shape index (κ1) is 20.3. The van der Waals surface area contributed by atoms with Crippen molar-refractivity contribution in [1.29, 1.82) is 0 Å². The van der Waals surface area contributed by atoms with Gasteiger partial charge in [0.1, 0.15) is 17.5 Å². The maximum absolute atomic E-state index is 13.3. The second-order valence-electron chi connectivity index (χ2n) is 5.83. The molecule has 0 saturated carbocycles. The van der Waals surface area contributed by atoms with Gasteiger partial charge in [0.05, 0.1) is 10.6 Å². The van der Waals surface area contributed by atoms with Gasteiger partial charge in [-0.2, -0.15) is 5.10 Å². The number of aromatic nitrogens is 2. The molecular weight excluding hydrogens is 416 g/mol. The van der Waals surface area contributed by atoms with Crippen LogP contribution in [-0.2, 0) is 6.54 Å². The first-order valence-corrected chi connectivity index (χ1v) is 8.35. The Hall–Kier alpha value is -3.40. The van der Waals surface area contributed by atoms with E-state index in [0.29, 0.717) is 18.2 Å². The van der Waals surface area contributed by atoms with Crippen molar-refractivity contribution in [3.05, 3.63) is 81.5 Å². The van der Waals surface area contributed by atoms with Crippen molar-refractivity contribution < 1.29 is 27.2 Å². The van der Waals surface area contributed by atoms with Gasteiger partial charge < -0.3 is 10.6 Å². The Labute approximate surface area is 165 Å². The quantitative estimate of drug-likeness (QED) is 0.428. The lowest BCUT2D eigenvalue weighted by Crippen LogP contribution is -2.23. The summed E-state index contributed by atoms with van der Waals surface area (Å²) in [7, 11) is 0. The van der Waals surface area contributed by atoms with E-state index in [0.717, 1.165) is 12.1 Å². The second kappa shape index (κ2) is 8.31. The summed E-state index contributed by atoms with van der Waals surface area (Å²) < 4.78 is 52.7. The number of nitrogens with zero attached hydrogens (tertiary/aromatic N) is 1. The number of benzene rings is 2. The summed E-state index contributed by atoms with van der Waals surface area (Å²) in [5.74, 6) is -5.58. The second-order valence-corrected chi connectivity index (χ2v) is 6.23. The number of carbonyl (C=O) groups is 2. The molecule has 0 spiro atoms. The molecule has 6 nitrogen and oxygen atoms in total. The molecule has 0 atom stereocenters. The Morgan fingerprint density at radius 3 is 2.28 bits per heavy atom. The minimum absolute atomic E-state index is 0.0160. The molecule has 3 rings (SSSR count). The van der Waals surface area contributed by atoms with Crippen molar-refractivity contribution in [3.8, 4) is 0 Å². The van der Waals surface area contributed by atoms with Crippen LogP contribution in [0.25, 0.3) is 0 Å². The van der Waals surface area contributed by atoms with Crippen molar-refractivity contribution in [1.82, 2.24) is 15.5 Å². The van der Waals surface area contributed by atoms with E-state index in [9.17, 15) is 27.2 Å². The average molecular weight is 427 g/mol. The third kappa shape index (κ3) is 4.91. The fourth-order valence-electron chi connectivity index (χ4n) is 2.37. The summed E-state index contributed by atoms with van der Waals surface area (Å²) in [6.45, 7) is -0.160. The van der Waals surface area contributed by atoms with Crippen LogP contribution in [0, 0.1) is 23.3 Å². The summed E-state index contributed by atoms with van der Waals surface area (Å²) in [5, 5.41) is 10.5. The van der Waals surface area contributed by atoms with Gasteiger partial charge in [0.25, 0.3) is 11.8 Å². The number of amides is 2. The van der Waals surface area contributed by atoms with Gasteiger partial charge >= 0.3 is 0 Å². The van der Waals surface area contributed by atoms with Gasteiger partial charge in [-0.25, -0.2) is 17.6 Å². The van der Waals surface area contributed by atoms with Gasteiger partial charge in [-0.15, -0.1) is 0 Å². The number of rotatable bonds is 5. The van der Waals surface area contributed by atoms with E-state index >= 15 is 0 Å². The Kier molecular flexibility index (Phi) is 5.83. The maximum Gasteiger partial charge on any atom is 0.272 e. The SMILES string of the molecule is O=C(NCc1cc(F)cc(F)c1)c1cc(NC(=O)c2cc(F)c(F)cc2Cl)[nH]n1. The molecule has 11 heteroatoms. The van der Waals surface area contributed by atoms with Gasteiger partial charge in [-0.3, -0.25) is 14.7 Å². The molecule has 2 aromatic carbocycles. The number of hydrogen-bond donors (Lipinski definition) is 3. The van der Waals surface area contributed by atoms with E-state index in [4.69, 9.17) is 11.6 Å². The number of hydrogen-bond acceptors (Lipinski definition) is 3. The van der Waals surface area contributed by atoms with Gasteiger partial charge in [-0.1, -0.05) is 11.6 Å². The van der Waals surface area contributed by atoms with Gasteiger partial charge in [-0.05, 0) is 29.8 Å². The average Bonchev–Trinajstić information content (AvgIpc) is 3.10. The van der Waals surface area contributed by atoms with Crippen molar-refractivity contribution in [2.75, 3.05) is 5.32 Å². The molecule has 0 aliphatic carbocycles. The molecule has 0 aliphatic heterocycles. The van der Waals surface area contributed by atoms with Gasteiger partial charge in [0, 0.05) is 18.7 Å². The zero-order valence-corrected chi connectivity index (χ0v) is 15.1. The normalized spacial score (nSPS) is 10.7. The van der Waals surface area contributed by atoms with Gasteiger partial charge in [0.2, 0.25) is 0 Å². The maximum atomic E-state index is 13.3. The third-order valence-corrected chi connectivity index (χ3v) is 4.00. The molecule has 1 aromatic heterocycles. The van der Waals surface area contributed by atoms with E-state index in [2.05, 4.69) is 20.8 Å². The number of halogens is 5. The summed E-state index contributed by atoms with van der Waals surface area (Å²) in [6.07, 6.45) is 0. The number of carbonyl (C=O) groups excluding carboxylic acids is 2. The Balaban J connectivity index is 1.65. The zero-order valence-electron chi connectivity index (χ0n) is 14.3.